The maximum absolute atomic E-state index is 11.7. The summed E-state index contributed by atoms with van der Waals surface area (Å²) in [5.74, 6) is 0.792. The van der Waals surface area contributed by atoms with Gasteiger partial charge in [0.05, 0.1) is 7.11 Å². The zero-order valence-electron chi connectivity index (χ0n) is 16.1. The Balaban J connectivity index is 1.75. The Morgan fingerprint density at radius 3 is 2.81 bits per heavy atom. The second kappa shape index (κ2) is 6.61. The third kappa shape index (κ3) is 2.60. The number of aryl methyl sites for hydroxylation is 1. The van der Waals surface area contributed by atoms with Crippen molar-refractivity contribution >= 4 is 11.5 Å². The summed E-state index contributed by atoms with van der Waals surface area (Å²) in [6.45, 7) is 3.78. The predicted molar refractivity (Wildman–Crippen MR) is 103 cm³/mol. The van der Waals surface area contributed by atoms with E-state index in [1.54, 1.807) is 7.11 Å². The number of hydrogen-bond acceptors (Lipinski definition) is 3. The van der Waals surface area contributed by atoms with Crippen LogP contribution in [-0.4, -0.2) is 19.2 Å². The van der Waals surface area contributed by atoms with Crippen molar-refractivity contribution in [1.29, 1.82) is 0 Å². The van der Waals surface area contributed by atoms with Crippen LogP contribution in [0.1, 0.15) is 63.5 Å². The highest BCUT2D eigenvalue weighted by molar-refractivity contribution is 5.79. The lowest BCUT2D eigenvalue weighted by Crippen LogP contribution is -2.39. The molecule has 3 heteroatoms. The van der Waals surface area contributed by atoms with Gasteiger partial charge in [-0.25, -0.2) is 0 Å². The smallest absolute Gasteiger partial charge is 0.302 e. The van der Waals surface area contributed by atoms with Crippen molar-refractivity contribution in [2.24, 2.45) is 5.41 Å². The second-order valence-corrected chi connectivity index (χ2v) is 7.84. The average Bonchev–Trinajstić information content (AvgIpc) is 2.99. The van der Waals surface area contributed by atoms with Crippen LogP contribution in [0.2, 0.25) is 0 Å². The van der Waals surface area contributed by atoms with Crippen LogP contribution in [0, 0.1) is 5.41 Å². The van der Waals surface area contributed by atoms with Gasteiger partial charge in [0.25, 0.3) is 0 Å². The number of ether oxygens (including phenoxy) is 2. The molecular weight excluding hydrogens is 324 g/mol. The lowest BCUT2D eigenvalue weighted by Gasteiger charge is -2.44. The highest BCUT2D eigenvalue weighted by Crippen LogP contribution is 2.58. The Hall–Kier alpha value is -2.03. The monoisotopic (exact) mass is 352 g/mol. The summed E-state index contributed by atoms with van der Waals surface area (Å²) in [7, 11) is 1.73. The first-order valence-electron chi connectivity index (χ1n) is 9.86. The first-order valence-corrected chi connectivity index (χ1v) is 9.86. The molecule has 0 spiro atoms. The highest BCUT2D eigenvalue weighted by atomic mass is 16.5. The van der Waals surface area contributed by atoms with Gasteiger partial charge < -0.3 is 9.47 Å². The number of benzene rings is 1. The van der Waals surface area contributed by atoms with E-state index < -0.39 is 0 Å². The topological polar surface area (TPSA) is 35.5 Å². The summed E-state index contributed by atoms with van der Waals surface area (Å²) in [5, 5.41) is 0. The van der Waals surface area contributed by atoms with Crippen molar-refractivity contribution in [2.75, 3.05) is 7.11 Å². The second-order valence-electron chi connectivity index (χ2n) is 7.84. The van der Waals surface area contributed by atoms with E-state index in [1.807, 2.05) is 0 Å². The van der Waals surface area contributed by atoms with E-state index in [2.05, 4.69) is 31.2 Å². The Labute approximate surface area is 156 Å². The molecule has 0 unspecified atom stereocenters. The van der Waals surface area contributed by atoms with Gasteiger partial charge in [0.2, 0.25) is 0 Å². The van der Waals surface area contributed by atoms with E-state index in [1.165, 1.54) is 34.8 Å². The molecule has 0 heterocycles. The van der Waals surface area contributed by atoms with Crippen molar-refractivity contribution in [3.05, 3.63) is 46.5 Å². The van der Waals surface area contributed by atoms with Crippen LogP contribution >= 0.6 is 0 Å². The fourth-order valence-electron chi connectivity index (χ4n) is 5.48. The fraction of sp³-hybridized carbons (Fsp3) is 0.522. The maximum atomic E-state index is 11.7. The molecule has 0 aliphatic heterocycles. The quantitative estimate of drug-likeness (QED) is 0.695. The Morgan fingerprint density at radius 2 is 2.08 bits per heavy atom. The molecule has 3 nitrogen and oxygen atoms in total. The maximum Gasteiger partial charge on any atom is 0.302 e. The van der Waals surface area contributed by atoms with E-state index >= 15 is 0 Å². The van der Waals surface area contributed by atoms with Crippen LogP contribution in [0.5, 0.6) is 5.75 Å². The molecule has 1 aromatic rings. The number of fused-ring (bicyclic) bond motifs is 4. The van der Waals surface area contributed by atoms with E-state index in [0.29, 0.717) is 0 Å². The molecule has 138 valence electrons. The molecule has 3 aliphatic carbocycles. The van der Waals surface area contributed by atoms with Crippen molar-refractivity contribution in [3.8, 4) is 5.75 Å². The molecule has 0 aromatic heterocycles. The number of hydrogen-bond donors (Lipinski definition) is 0. The first kappa shape index (κ1) is 17.4. The normalized spacial score (nSPS) is 26.6. The average molecular weight is 352 g/mol. The number of allylic oxidation sites excluding steroid dienone is 2. The van der Waals surface area contributed by atoms with Gasteiger partial charge in [-0.1, -0.05) is 25.5 Å². The number of carbonyl (C=O) groups is 1. The standard InChI is InChI=1S/C23H28O3/c1-4-12-23-13-11-19-18-8-6-17(25-3)14-16(18)5-7-20(19)21(23)9-10-22(23)26-15(2)24/h6,8-9,14,22H,4-5,7,10-13H2,1-3H3/t22-,23-/m0/s1. The van der Waals surface area contributed by atoms with Gasteiger partial charge in [0, 0.05) is 18.8 Å². The lowest BCUT2D eigenvalue weighted by molar-refractivity contribution is -0.151. The molecule has 3 aliphatic rings. The molecule has 0 bridgehead atoms. The van der Waals surface area contributed by atoms with Crippen LogP contribution < -0.4 is 4.74 Å². The van der Waals surface area contributed by atoms with Gasteiger partial charge in [0.1, 0.15) is 11.9 Å². The Kier molecular flexibility index (Phi) is 4.42. The summed E-state index contributed by atoms with van der Waals surface area (Å²) in [6.07, 6.45) is 9.75. The summed E-state index contributed by atoms with van der Waals surface area (Å²) in [6, 6.07) is 6.50. The summed E-state index contributed by atoms with van der Waals surface area (Å²) in [5.41, 5.74) is 7.35. The van der Waals surface area contributed by atoms with Crippen molar-refractivity contribution in [2.45, 2.75) is 64.9 Å². The molecule has 0 radical (unpaired) electrons. The van der Waals surface area contributed by atoms with Crippen molar-refractivity contribution < 1.29 is 14.3 Å². The SMILES string of the molecule is CCC[C@]12CCC3=C(CCc4cc(OC)ccc43)C1=CC[C@@H]2OC(C)=O. The molecule has 2 atom stereocenters. The van der Waals surface area contributed by atoms with Crippen LogP contribution in [-0.2, 0) is 16.0 Å². The largest absolute Gasteiger partial charge is 0.497 e. The van der Waals surface area contributed by atoms with E-state index in [4.69, 9.17) is 9.47 Å². The van der Waals surface area contributed by atoms with E-state index in [-0.39, 0.29) is 17.5 Å². The van der Waals surface area contributed by atoms with Gasteiger partial charge in [-0.05, 0) is 72.1 Å². The Morgan fingerprint density at radius 1 is 1.23 bits per heavy atom. The van der Waals surface area contributed by atoms with Gasteiger partial charge in [-0.15, -0.1) is 0 Å². The molecular formula is C23H28O3. The molecule has 1 aromatic carbocycles. The third-order valence-electron chi connectivity index (χ3n) is 6.49. The van der Waals surface area contributed by atoms with E-state index in [0.717, 1.165) is 50.7 Å². The summed E-state index contributed by atoms with van der Waals surface area (Å²) in [4.78, 5) is 11.7. The fourth-order valence-corrected chi connectivity index (χ4v) is 5.48. The zero-order valence-corrected chi connectivity index (χ0v) is 16.1. The predicted octanol–water partition coefficient (Wildman–Crippen LogP) is 5.24. The minimum Gasteiger partial charge on any atom is -0.497 e. The third-order valence-corrected chi connectivity index (χ3v) is 6.49. The highest BCUT2D eigenvalue weighted by Gasteiger charge is 2.50. The number of esters is 1. The van der Waals surface area contributed by atoms with Crippen LogP contribution in [0.15, 0.2) is 35.4 Å². The molecule has 0 amide bonds. The first-order chi connectivity index (χ1) is 12.6. The van der Waals surface area contributed by atoms with Gasteiger partial charge in [-0.2, -0.15) is 0 Å². The molecule has 0 N–H and O–H groups in total. The molecule has 0 fully saturated rings. The summed E-state index contributed by atoms with van der Waals surface area (Å²) < 4.78 is 11.2. The van der Waals surface area contributed by atoms with E-state index in [9.17, 15) is 4.79 Å². The lowest BCUT2D eigenvalue weighted by atomic mass is 9.62. The number of carbonyl (C=O) groups excluding carboxylic acids is 1. The minimum atomic E-state index is -0.152. The van der Waals surface area contributed by atoms with Gasteiger partial charge in [0.15, 0.2) is 0 Å². The zero-order chi connectivity index (χ0) is 18.3. The molecule has 0 saturated heterocycles. The van der Waals surface area contributed by atoms with Gasteiger partial charge >= 0.3 is 5.97 Å². The Bertz CT molecular complexity index is 802. The number of rotatable bonds is 4. The van der Waals surface area contributed by atoms with Crippen molar-refractivity contribution in [1.82, 2.24) is 0 Å². The number of methoxy groups -OCH3 is 1. The van der Waals surface area contributed by atoms with Crippen LogP contribution in [0.25, 0.3) is 5.57 Å². The molecule has 26 heavy (non-hydrogen) atoms. The summed E-state index contributed by atoms with van der Waals surface area (Å²) >= 11 is 0. The van der Waals surface area contributed by atoms with Crippen LogP contribution in [0.3, 0.4) is 0 Å². The minimum absolute atomic E-state index is 0.0151. The van der Waals surface area contributed by atoms with Crippen molar-refractivity contribution in [3.63, 3.8) is 0 Å². The van der Waals surface area contributed by atoms with Gasteiger partial charge in [-0.3, -0.25) is 4.79 Å². The molecule has 4 rings (SSSR count). The molecule has 0 saturated carbocycles. The van der Waals surface area contributed by atoms with Crippen LogP contribution in [0.4, 0.5) is 0 Å².